The van der Waals surface area contributed by atoms with Gasteiger partial charge in [-0.25, -0.2) is 9.68 Å². The molecule has 2 aromatic carbocycles. The average Bonchev–Trinajstić information content (AvgIpc) is 2.81. The summed E-state index contributed by atoms with van der Waals surface area (Å²) < 4.78 is 3.36. The van der Waals surface area contributed by atoms with Gasteiger partial charge in [-0.3, -0.25) is 0 Å². The quantitative estimate of drug-likeness (QED) is 0.357. The molecule has 4 rings (SSSR count). The first-order chi connectivity index (χ1) is 14.3. The maximum atomic E-state index is 5.95. The van der Waals surface area contributed by atoms with Gasteiger partial charge >= 0.3 is 6.29 Å². The Balaban J connectivity index is 1.40. The lowest BCUT2D eigenvalue weighted by Gasteiger charge is -2.08. The predicted octanol–water partition coefficient (Wildman–Crippen LogP) is 3.89. The molecule has 4 aromatic rings. The van der Waals surface area contributed by atoms with Gasteiger partial charge in [0.05, 0.1) is 0 Å². The van der Waals surface area contributed by atoms with E-state index >= 15 is 0 Å². The first-order valence-corrected chi connectivity index (χ1v) is 9.79. The Morgan fingerprint density at radius 2 is 0.897 bits per heavy atom. The van der Waals surface area contributed by atoms with E-state index in [2.05, 4.69) is 24.3 Å². The summed E-state index contributed by atoms with van der Waals surface area (Å²) in [6.07, 6.45) is 7.90. The summed E-state index contributed by atoms with van der Waals surface area (Å²) in [5.74, 6) is 0. The summed E-state index contributed by atoms with van der Waals surface area (Å²) in [6.45, 7) is 2.03. The van der Waals surface area contributed by atoms with Crippen molar-refractivity contribution in [1.29, 1.82) is 0 Å². The SMILES string of the molecule is CCC(O[n+]1ccc(-c2ccccc2)cc1)O[n+]1ccc(-c2ccccc2)cc1. The molecule has 0 radical (unpaired) electrons. The van der Waals surface area contributed by atoms with Crippen LogP contribution < -0.4 is 19.1 Å². The highest BCUT2D eigenvalue weighted by molar-refractivity contribution is 5.62. The molecule has 4 nitrogen and oxygen atoms in total. The van der Waals surface area contributed by atoms with E-state index in [0.717, 1.165) is 11.1 Å². The highest BCUT2D eigenvalue weighted by Gasteiger charge is 2.20. The number of pyridine rings is 2. The van der Waals surface area contributed by atoms with Crippen LogP contribution in [0.2, 0.25) is 0 Å². The second-order valence-corrected chi connectivity index (χ2v) is 6.67. The van der Waals surface area contributed by atoms with E-state index in [1.807, 2.05) is 92.4 Å². The molecule has 0 atom stereocenters. The molecule has 0 fully saturated rings. The van der Waals surface area contributed by atoms with E-state index in [1.165, 1.54) is 11.1 Å². The minimum absolute atomic E-state index is 0.407. The lowest BCUT2D eigenvalue weighted by Crippen LogP contribution is -2.57. The van der Waals surface area contributed by atoms with Crippen LogP contribution in [0, 0.1) is 0 Å². The molecule has 2 aromatic heterocycles. The van der Waals surface area contributed by atoms with Crippen molar-refractivity contribution in [3.63, 3.8) is 0 Å². The molecule has 0 amide bonds. The first kappa shape index (κ1) is 18.7. The number of hydrogen-bond donors (Lipinski definition) is 0. The van der Waals surface area contributed by atoms with Gasteiger partial charge in [0.25, 0.3) is 0 Å². The summed E-state index contributed by atoms with van der Waals surface area (Å²) in [5, 5.41) is 0. The van der Waals surface area contributed by atoms with Crippen LogP contribution in [-0.2, 0) is 0 Å². The van der Waals surface area contributed by atoms with E-state index in [9.17, 15) is 0 Å². The molecule has 144 valence electrons. The molecule has 4 heteroatoms. The van der Waals surface area contributed by atoms with Crippen molar-refractivity contribution >= 4 is 0 Å². The zero-order chi connectivity index (χ0) is 19.9. The molecule has 0 bridgehead atoms. The Morgan fingerprint density at radius 1 is 0.552 bits per heavy atom. The standard InChI is InChI=1S/C25H24N2O2/c1-2-25(28-26-17-13-23(14-18-26)21-9-5-3-6-10-21)29-27-19-15-24(16-20-27)22-11-7-4-8-12-22/h3-20,25H,2H2,1H3/q+2. The second kappa shape index (κ2) is 9.02. The van der Waals surface area contributed by atoms with Crippen LogP contribution in [-0.4, -0.2) is 6.29 Å². The second-order valence-electron chi connectivity index (χ2n) is 6.67. The molecule has 29 heavy (non-hydrogen) atoms. The van der Waals surface area contributed by atoms with Crippen molar-refractivity contribution in [1.82, 2.24) is 0 Å². The molecular weight excluding hydrogens is 360 g/mol. The molecule has 0 saturated carbocycles. The summed E-state index contributed by atoms with van der Waals surface area (Å²) in [7, 11) is 0. The molecule has 2 heterocycles. The molecule has 0 aliphatic rings. The van der Waals surface area contributed by atoms with Gasteiger partial charge in [0, 0.05) is 40.1 Å². The smallest absolute Gasteiger partial charge is 0.219 e. The van der Waals surface area contributed by atoms with Crippen molar-refractivity contribution in [2.24, 2.45) is 0 Å². The predicted molar refractivity (Wildman–Crippen MR) is 111 cm³/mol. The zero-order valence-corrected chi connectivity index (χ0v) is 16.4. The number of aromatic nitrogens is 2. The molecule has 0 aliphatic carbocycles. The summed E-state index contributed by atoms with van der Waals surface area (Å²) >= 11 is 0. The third-order valence-electron chi connectivity index (χ3n) is 4.63. The topological polar surface area (TPSA) is 26.2 Å². The van der Waals surface area contributed by atoms with Crippen molar-refractivity contribution < 1.29 is 19.1 Å². The fourth-order valence-corrected chi connectivity index (χ4v) is 3.05. The third kappa shape index (κ3) is 4.79. The van der Waals surface area contributed by atoms with Gasteiger partial charge in [-0.05, 0) is 22.3 Å². The van der Waals surface area contributed by atoms with Gasteiger partial charge in [0.2, 0.25) is 24.8 Å². The number of benzene rings is 2. The average molecular weight is 384 g/mol. The molecule has 0 unspecified atom stereocenters. The molecule has 0 N–H and O–H groups in total. The van der Waals surface area contributed by atoms with Crippen LogP contribution in [0.1, 0.15) is 13.3 Å². The van der Waals surface area contributed by atoms with Gasteiger partial charge in [0.1, 0.15) is 0 Å². The lowest BCUT2D eigenvalue weighted by molar-refractivity contribution is -0.964. The first-order valence-electron chi connectivity index (χ1n) is 9.79. The van der Waals surface area contributed by atoms with Crippen LogP contribution >= 0.6 is 0 Å². The van der Waals surface area contributed by atoms with Gasteiger partial charge < -0.3 is 0 Å². The Bertz CT molecular complexity index is 933. The maximum absolute atomic E-state index is 5.95. The van der Waals surface area contributed by atoms with E-state index in [4.69, 9.17) is 9.68 Å². The number of nitrogens with zero attached hydrogens (tertiary/aromatic N) is 2. The Hall–Kier alpha value is -3.66. The van der Waals surface area contributed by atoms with Crippen LogP contribution in [0.15, 0.2) is 110 Å². The lowest BCUT2D eigenvalue weighted by atomic mass is 10.1. The minimum Gasteiger partial charge on any atom is -0.219 e. The monoisotopic (exact) mass is 384 g/mol. The normalized spacial score (nSPS) is 10.7. The minimum atomic E-state index is -0.407. The highest BCUT2D eigenvalue weighted by Crippen LogP contribution is 2.17. The van der Waals surface area contributed by atoms with Crippen molar-refractivity contribution in [2.75, 3.05) is 0 Å². The van der Waals surface area contributed by atoms with E-state index in [-0.39, 0.29) is 0 Å². The van der Waals surface area contributed by atoms with Gasteiger partial charge in [-0.1, -0.05) is 67.6 Å². The number of rotatable bonds is 7. The Labute approximate surface area is 171 Å². The Kier molecular flexibility index (Phi) is 5.81. The fourth-order valence-electron chi connectivity index (χ4n) is 3.05. The van der Waals surface area contributed by atoms with Crippen LogP contribution in [0.25, 0.3) is 22.3 Å². The molecular formula is C25H24N2O2+2. The molecule has 0 spiro atoms. The van der Waals surface area contributed by atoms with E-state index in [0.29, 0.717) is 6.42 Å². The highest BCUT2D eigenvalue weighted by atomic mass is 16.8. The van der Waals surface area contributed by atoms with Crippen LogP contribution in [0.5, 0.6) is 0 Å². The summed E-state index contributed by atoms with van der Waals surface area (Å²) in [4.78, 5) is 11.9. The zero-order valence-electron chi connectivity index (χ0n) is 16.4. The van der Waals surface area contributed by atoms with Crippen molar-refractivity contribution in [3.8, 4) is 22.3 Å². The summed E-state index contributed by atoms with van der Waals surface area (Å²) in [5.41, 5.74) is 4.64. The van der Waals surface area contributed by atoms with Gasteiger partial charge in [0.15, 0.2) is 0 Å². The number of hydrogen-bond acceptors (Lipinski definition) is 2. The van der Waals surface area contributed by atoms with Gasteiger partial charge in [-0.2, -0.15) is 0 Å². The fraction of sp³-hybridized carbons (Fsp3) is 0.120. The van der Waals surface area contributed by atoms with Gasteiger partial charge in [-0.15, -0.1) is 0 Å². The van der Waals surface area contributed by atoms with Crippen LogP contribution in [0.4, 0.5) is 0 Å². The van der Waals surface area contributed by atoms with Crippen molar-refractivity contribution in [2.45, 2.75) is 19.6 Å². The molecule has 0 saturated heterocycles. The van der Waals surface area contributed by atoms with E-state index in [1.54, 1.807) is 9.46 Å². The van der Waals surface area contributed by atoms with E-state index < -0.39 is 6.29 Å². The van der Waals surface area contributed by atoms with Crippen molar-refractivity contribution in [3.05, 3.63) is 110 Å². The summed E-state index contributed by atoms with van der Waals surface area (Å²) in [6, 6.07) is 28.7. The largest absolute Gasteiger partial charge is 0.372 e. The Morgan fingerprint density at radius 3 is 1.24 bits per heavy atom. The molecule has 0 aliphatic heterocycles. The van der Waals surface area contributed by atoms with Crippen LogP contribution in [0.3, 0.4) is 0 Å². The maximum Gasteiger partial charge on any atom is 0.372 e. The third-order valence-corrected chi connectivity index (χ3v) is 4.63.